The highest BCUT2D eigenvalue weighted by molar-refractivity contribution is 7.17. The van der Waals surface area contributed by atoms with Gasteiger partial charge in [0.25, 0.3) is 11.5 Å². The first-order valence-electron chi connectivity index (χ1n) is 7.43. The lowest BCUT2D eigenvalue weighted by atomic mass is 10.1. The van der Waals surface area contributed by atoms with E-state index in [0.29, 0.717) is 16.3 Å². The first-order valence-corrected chi connectivity index (χ1v) is 8.25. The van der Waals surface area contributed by atoms with Crippen LogP contribution in [0.2, 0.25) is 0 Å². The van der Waals surface area contributed by atoms with Crippen molar-refractivity contribution in [2.45, 2.75) is 19.9 Å². The van der Waals surface area contributed by atoms with Crippen molar-refractivity contribution in [2.24, 2.45) is 5.73 Å². The van der Waals surface area contributed by atoms with Gasteiger partial charge in [-0.1, -0.05) is 30.3 Å². The number of rotatable bonds is 4. The monoisotopic (exact) mass is 340 g/mol. The molecule has 2 aromatic heterocycles. The second-order valence-corrected chi connectivity index (χ2v) is 6.52. The zero-order valence-electron chi connectivity index (χ0n) is 13.3. The Morgan fingerprint density at radius 3 is 2.50 bits per heavy atom. The van der Waals surface area contributed by atoms with Crippen LogP contribution >= 0.6 is 11.3 Å². The average molecular weight is 340 g/mol. The van der Waals surface area contributed by atoms with Gasteiger partial charge in [-0.25, -0.2) is 9.67 Å². The molecule has 24 heavy (non-hydrogen) atoms. The summed E-state index contributed by atoms with van der Waals surface area (Å²) in [6.07, 6.45) is 0. The van der Waals surface area contributed by atoms with Gasteiger partial charge in [0.1, 0.15) is 5.69 Å². The van der Waals surface area contributed by atoms with Crippen molar-refractivity contribution in [1.29, 1.82) is 0 Å². The summed E-state index contributed by atoms with van der Waals surface area (Å²) in [4.78, 5) is 28.6. The number of primary amides is 1. The topological polar surface area (TPSA) is 90.9 Å². The number of thiazole rings is 1. The maximum absolute atomic E-state index is 11.9. The van der Waals surface area contributed by atoms with Gasteiger partial charge in [0.15, 0.2) is 5.01 Å². The molecule has 7 heteroatoms. The van der Waals surface area contributed by atoms with Gasteiger partial charge in [-0.2, -0.15) is 5.10 Å². The van der Waals surface area contributed by atoms with Crippen LogP contribution < -0.4 is 11.3 Å². The smallest absolute Gasteiger partial charge is 0.277 e. The van der Waals surface area contributed by atoms with E-state index in [1.54, 1.807) is 6.07 Å². The molecule has 2 N–H and O–H groups in total. The van der Waals surface area contributed by atoms with E-state index in [4.69, 9.17) is 5.73 Å². The Kier molecular flexibility index (Phi) is 4.26. The number of aromatic nitrogens is 3. The lowest BCUT2D eigenvalue weighted by molar-refractivity contribution is 0.1000. The van der Waals surface area contributed by atoms with Gasteiger partial charge in [0.05, 0.1) is 16.6 Å². The van der Waals surface area contributed by atoms with Crippen LogP contribution in [0.15, 0.2) is 47.3 Å². The third-order valence-electron chi connectivity index (χ3n) is 3.43. The van der Waals surface area contributed by atoms with Crippen LogP contribution in [0, 0.1) is 0 Å². The van der Waals surface area contributed by atoms with Crippen molar-refractivity contribution < 1.29 is 4.79 Å². The first-order chi connectivity index (χ1) is 11.5. The van der Waals surface area contributed by atoms with Crippen molar-refractivity contribution in [3.8, 4) is 21.8 Å². The van der Waals surface area contributed by atoms with E-state index in [1.165, 1.54) is 22.1 Å². The molecule has 3 rings (SSSR count). The van der Waals surface area contributed by atoms with Gasteiger partial charge < -0.3 is 5.73 Å². The summed E-state index contributed by atoms with van der Waals surface area (Å²) in [5.74, 6) is -0.583. The van der Waals surface area contributed by atoms with E-state index in [-0.39, 0.29) is 16.6 Å². The number of carbonyl (C=O) groups excluding carboxylic acids is 1. The summed E-state index contributed by atoms with van der Waals surface area (Å²) in [6.45, 7) is 3.77. The second-order valence-electron chi connectivity index (χ2n) is 5.52. The van der Waals surface area contributed by atoms with Gasteiger partial charge in [-0.15, -0.1) is 11.3 Å². The molecule has 0 aliphatic carbocycles. The number of nitrogens with two attached hydrogens (primary N) is 1. The molecule has 0 bridgehead atoms. The molecule has 0 saturated carbocycles. The molecule has 0 fully saturated rings. The van der Waals surface area contributed by atoms with Crippen molar-refractivity contribution in [2.75, 3.05) is 0 Å². The Morgan fingerprint density at radius 2 is 1.88 bits per heavy atom. The number of carbonyl (C=O) groups is 1. The molecule has 3 aromatic rings. The molecular weight excluding hydrogens is 324 g/mol. The van der Waals surface area contributed by atoms with Crippen LogP contribution in [0.1, 0.15) is 29.7 Å². The molecular formula is C17H16N4O2S. The lowest BCUT2D eigenvalue weighted by Crippen LogP contribution is -2.23. The molecule has 0 aliphatic heterocycles. The van der Waals surface area contributed by atoms with E-state index in [9.17, 15) is 9.59 Å². The van der Waals surface area contributed by atoms with Gasteiger partial charge in [-0.05, 0) is 19.9 Å². The SMILES string of the molecule is CC(C)n1nc(-c2sc(C(N)=O)nc2-c2ccccc2)ccc1=O. The fourth-order valence-electron chi connectivity index (χ4n) is 2.31. The minimum atomic E-state index is -0.583. The first kappa shape index (κ1) is 16.1. The molecule has 0 unspecified atom stereocenters. The second kappa shape index (κ2) is 6.37. The Morgan fingerprint density at radius 1 is 1.17 bits per heavy atom. The van der Waals surface area contributed by atoms with Crippen LogP contribution in [0.4, 0.5) is 0 Å². The minimum Gasteiger partial charge on any atom is -0.364 e. The molecule has 1 amide bonds. The highest BCUT2D eigenvalue weighted by Crippen LogP contribution is 2.35. The average Bonchev–Trinajstić information content (AvgIpc) is 3.01. The molecule has 0 spiro atoms. The van der Waals surface area contributed by atoms with Gasteiger partial charge in [0.2, 0.25) is 0 Å². The van der Waals surface area contributed by atoms with Crippen LogP contribution in [-0.2, 0) is 0 Å². The molecule has 1 aromatic carbocycles. The van der Waals surface area contributed by atoms with Crippen molar-refractivity contribution in [1.82, 2.24) is 14.8 Å². The van der Waals surface area contributed by atoms with Gasteiger partial charge in [0, 0.05) is 11.6 Å². The fraction of sp³-hybridized carbons (Fsp3) is 0.176. The van der Waals surface area contributed by atoms with E-state index in [0.717, 1.165) is 5.56 Å². The Labute approximate surface area is 142 Å². The minimum absolute atomic E-state index is 0.0684. The van der Waals surface area contributed by atoms with Crippen LogP contribution in [0.3, 0.4) is 0 Å². The van der Waals surface area contributed by atoms with E-state index >= 15 is 0 Å². The van der Waals surface area contributed by atoms with Crippen LogP contribution in [0.5, 0.6) is 0 Å². The van der Waals surface area contributed by atoms with Crippen LogP contribution in [0.25, 0.3) is 21.8 Å². The van der Waals surface area contributed by atoms with E-state index in [2.05, 4.69) is 10.1 Å². The highest BCUT2D eigenvalue weighted by atomic mass is 32.1. The molecule has 0 saturated heterocycles. The number of hydrogen-bond acceptors (Lipinski definition) is 5. The summed E-state index contributed by atoms with van der Waals surface area (Å²) in [6, 6.07) is 12.6. The number of amides is 1. The molecule has 0 aliphatic rings. The molecule has 0 atom stereocenters. The van der Waals surface area contributed by atoms with Gasteiger partial charge >= 0.3 is 0 Å². The summed E-state index contributed by atoms with van der Waals surface area (Å²) in [7, 11) is 0. The largest absolute Gasteiger partial charge is 0.364 e. The summed E-state index contributed by atoms with van der Waals surface area (Å²) in [5, 5.41) is 4.64. The molecule has 122 valence electrons. The standard InChI is InChI=1S/C17H16N4O2S/c1-10(2)21-13(22)9-8-12(20-21)15-14(11-6-4-3-5-7-11)19-17(24-15)16(18)23/h3-10H,1-2H3,(H2,18,23). The Hall–Kier alpha value is -2.80. The third kappa shape index (κ3) is 2.98. The highest BCUT2D eigenvalue weighted by Gasteiger charge is 2.19. The van der Waals surface area contributed by atoms with Crippen molar-refractivity contribution in [3.05, 3.63) is 57.8 Å². The third-order valence-corrected chi connectivity index (χ3v) is 4.52. The molecule has 0 radical (unpaired) electrons. The molecule has 6 nitrogen and oxygen atoms in total. The molecule has 2 heterocycles. The van der Waals surface area contributed by atoms with E-state index in [1.807, 2.05) is 44.2 Å². The maximum Gasteiger partial charge on any atom is 0.277 e. The lowest BCUT2D eigenvalue weighted by Gasteiger charge is -2.09. The van der Waals surface area contributed by atoms with Crippen molar-refractivity contribution >= 4 is 17.2 Å². The predicted molar refractivity (Wildman–Crippen MR) is 93.9 cm³/mol. The number of nitrogens with zero attached hydrogens (tertiary/aromatic N) is 3. The maximum atomic E-state index is 11.9. The van der Waals surface area contributed by atoms with Gasteiger partial charge in [-0.3, -0.25) is 9.59 Å². The van der Waals surface area contributed by atoms with Crippen molar-refractivity contribution in [3.63, 3.8) is 0 Å². The summed E-state index contributed by atoms with van der Waals surface area (Å²) >= 11 is 1.18. The Balaban J connectivity index is 2.22. The van der Waals surface area contributed by atoms with Crippen LogP contribution in [-0.4, -0.2) is 20.7 Å². The summed E-state index contributed by atoms with van der Waals surface area (Å²) in [5.41, 5.74) is 7.30. The number of benzene rings is 1. The zero-order chi connectivity index (χ0) is 17.3. The summed E-state index contributed by atoms with van der Waals surface area (Å²) < 4.78 is 1.41. The quantitative estimate of drug-likeness (QED) is 0.790. The zero-order valence-corrected chi connectivity index (χ0v) is 14.1. The Bertz CT molecular complexity index is 945. The van der Waals surface area contributed by atoms with E-state index < -0.39 is 5.91 Å². The number of hydrogen-bond donors (Lipinski definition) is 1. The fourth-order valence-corrected chi connectivity index (χ4v) is 3.21. The predicted octanol–water partition coefficient (Wildman–Crippen LogP) is 2.71. The normalized spacial score (nSPS) is 11.0.